The summed E-state index contributed by atoms with van der Waals surface area (Å²) >= 11 is 3.43. The predicted molar refractivity (Wildman–Crippen MR) is 82.1 cm³/mol. The number of nitrogens with one attached hydrogen (secondary N) is 1. The van der Waals surface area contributed by atoms with Crippen LogP contribution in [-0.4, -0.2) is 0 Å². The van der Waals surface area contributed by atoms with Gasteiger partial charge in [0.05, 0.1) is 5.69 Å². The average Bonchev–Trinajstić information content (AvgIpc) is 2.33. The van der Waals surface area contributed by atoms with Crippen LogP contribution in [0.2, 0.25) is 0 Å². The molecule has 0 aliphatic heterocycles. The maximum absolute atomic E-state index is 13.3. The Hall–Kier alpha value is -1.35. The van der Waals surface area contributed by atoms with Crippen LogP contribution < -0.4 is 5.32 Å². The number of hydrogen-bond acceptors (Lipinski definition) is 1. The second-order valence-corrected chi connectivity index (χ2v) is 5.70. The predicted octanol–water partition coefficient (Wildman–Crippen LogP) is 5.38. The van der Waals surface area contributed by atoms with Gasteiger partial charge in [-0.1, -0.05) is 23.8 Å². The third kappa shape index (κ3) is 3.35. The molecular formula is C16H17BrFN. The van der Waals surface area contributed by atoms with Gasteiger partial charge in [-0.15, -0.1) is 0 Å². The summed E-state index contributed by atoms with van der Waals surface area (Å²) in [6.45, 7) is 6.26. The lowest BCUT2D eigenvalue weighted by molar-refractivity contribution is 0.627. The van der Waals surface area contributed by atoms with E-state index < -0.39 is 0 Å². The van der Waals surface area contributed by atoms with Gasteiger partial charge in [0.25, 0.3) is 0 Å². The third-order valence-electron chi connectivity index (χ3n) is 3.19. The molecule has 0 fully saturated rings. The first-order valence-corrected chi connectivity index (χ1v) is 7.05. The number of hydrogen-bond donors (Lipinski definition) is 1. The number of rotatable bonds is 3. The maximum Gasteiger partial charge on any atom is 0.125 e. The zero-order valence-corrected chi connectivity index (χ0v) is 12.9. The van der Waals surface area contributed by atoms with E-state index in [-0.39, 0.29) is 11.9 Å². The van der Waals surface area contributed by atoms with Crippen LogP contribution in [0.15, 0.2) is 40.9 Å². The lowest BCUT2D eigenvalue weighted by Crippen LogP contribution is -2.09. The van der Waals surface area contributed by atoms with Crippen LogP contribution >= 0.6 is 15.9 Å². The van der Waals surface area contributed by atoms with Crippen molar-refractivity contribution in [1.82, 2.24) is 0 Å². The van der Waals surface area contributed by atoms with E-state index in [1.165, 1.54) is 28.8 Å². The molecule has 100 valence electrons. The van der Waals surface area contributed by atoms with Gasteiger partial charge in [0, 0.05) is 10.5 Å². The quantitative estimate of drug-likeness (QED) is 0.800. The molecule has 0 aliphatic carbocycles. The van der Waals surface area contributed by atoms with E-state index in [2.05, 4.69) is 60.2 Å². The van der Waals surface area contributed by atoms with Crippen molar-refractivity contribution in [3.8, 4) is 0 Å². The molecule has 1 atom stereocenters. The van der Waals surface area contributed by atoms with Crippen LogP contribution in [0.25, 0.3) is 0 Å². The highest BCUT2D eigenvalue weighted by Crippen LogP contribution is 2.28. The van der Waals surface area contributed by atoms with Crippen LogP contribution in [0.3, 0.4) is 0 Å². The molecule has 0 radical (unpaired) electrons. The topological polar surface area (TPSA) is 12.0 Å². The SMILES string of the molecule is Cc1ccc(C(C)Nc2cc(F)ccc2Br)c(C)c1. The molecule has 0 saturated carbocycles. The van der Waals surface area contributed by atoms with E-state index in [4.69, 9.17) is 0 Å². The minimum Gasteiger partial charge on any atom is -0.378 e. The molecule has 0 saturated heterocycles. The first kappa shape index (κ1) is 14.1. The summed E-state index contributed by atoms with van der Waals surface area (Å²) in [5, 5.41) is 3.34. The molecule has 1 N–H and O–H groups in total. The fraction of sp³-hybridized carbons (Fsp3) is 0.250. The number of anilines is 1. The van der Waals surface area contributed by atoms with Gasteiger partial charge in [-0.05, 0) is 66.0 Å². The molecule has 0 amide bonds. The van der Waals surface area contributed by atoms with Gasteiger partial charge in [0.15, 0.2) is 0 Å². The molecule has 2 aromatic carbocycles. The summed E-state index contributed by atoms with van der Waals surface area (Å²) in [5.74, 6) is -0.237. The van der Waals surface area contributed by atoms with Crippen molar-refractivity contribution in [3.63, 3.8) is 0 Å². The van der Waals surface area contributed by atoms with E-state index in [0.29, 0.717) is 0 Å². The lowest BCUT2D eigenvalue weighted by Gasteiger charge is -2.19. The third-order valence-corrected chi connectivity index (χ3v) is 3.88. The van der Waals surface area contributed by atoms with Crippen molar-refractivity contribution in [2.24, 2.45) is 0 Å². The van der Waals surface area contributed by atoms with Crippen molar-refractivity contribution >= 4 is 21.6 Å². The monoisotopic (exact) mass is 321 g/mol. The summed E-state index contributed by atoms with van der Waals surface area (Å²) in [7, 11) is 0. The van der Waals surface area contributed by atoms with Crippen LogP contribution in [0.5, 0.6) is 0 Å². The standard InChI is InChI=1S/C16H17BrFN/c1-10-4-6-14(11(2)8-10)12(3)19-16-9-13(18)5-7-15(16)17/h4-9,12,19H,1-3H3. The zero-order chi connectivity index (χ0) is 14.0. The van der Waals surface area contributed by atoms with Crippen LogP contribution in [0.4, 0.5) is 10.1 Å². The Morgan fingerprint density at radius 2 is 1.84 bits per heavy atom. The summed E-state index contributed by atoms with van der Waals surface area (Å²) in [6, 6.07) is 11.2. The molecule has 2 aromatic rings. The maximum atomic E-state index is 13.3. The molecule has 0 spiro atoms. The Morgan fingerprint density at radius 3 is 2.53 bits per heavy atom. The molecule has 2 rings (SSSR count). The molecule has 19 heavy (non-hydrogen) atoms. The van der Waals surface area contributed by atoms with Crippen molar-refractivity contribution in [3.05, 3.63) is 63.4 Å². The van der Waals surface area contributed by atoms with Crippen LogP contribution in [0, 0.1) is 19.7 Å². The van der Waals surface area contributed by atoms with Gasteiger partial charge in [-0.25, -0.2) is 4.39 Å². The Kier molecular flexibility index (Phi) is 4.25. The minimum atomic E-state index is -0.237. The van der Waals surface area contributed by atoms with Crippen molar-refractivity contribution in [1.29, 1.82) is 0 Å². The van der Waals surface area contributed by atoms with E-state index in [1.807, 2.05) is 0 Å². The largest absolute Gasteiger partial charge is 0.378 e. The summed E-state index contributed by atoms with van der Waals surface area (Å²) in [6.07, 6.45) is 0. The average molecular weight is 322 g/mol. The first-order valence-electron chi connectivity index (χ1n) is 6.26. The molecule has 3 heteroatoms. The van der Waals surface area contributed by atoms with Gasteiger partial charge in [0.1, 0.15) is 5.82 Å². The molecule has 0 bridgehead atoms. The normalized spacial score (nSPS) is 12.3. The first-order chi connectivity index (χ1) is 8.97. The van der Waals surface area contributed by atoms with Gasteiger partial charge < -0.3 is 5.32 Å². The molecule has 1 nitrogen and oxygen atoms in total. The second kappa shape index (κ2) is 5.74. The highest BCUT2D eigenvalue weighted by molar-refractivity contribution is 9.10. The smallest absolute Gasteiger partial charge is 0.125 e. The van der Waals surface area contributed by atoms with Crippen molar-refractivity contribution < 1.29 is 4.39 Å². The molecule has 0 heterocycles. The lowest BCUT2D eigenvalue weighted by atomic mass is 10.00. The molecule has 0 aromatic heterocycles. The molecule has 1 unspecified atom stereocenters. The van der Waals surface area contributed by atoms with E-state index in [1.54, 1.807) is 6.07 Å². The number of benzene rings is 2. The summed E-state index contributed by atoms with van der Waals surface area (Å²) < 4.78 is 14.1. The minimum absolute atomic E-state index is 0.124. The van der Waals surface area contributed by atoms with Crippen LogP contribution in [0.1, 0.15) is 29.7 Å². The Bertz CT molecular complexity index is 595. The van der Waals surface area contributed by atoms with Gasteiger partial charge in [-0.2, -0.15) is 0 Å². The van der Waals surface area contributed by atoms with Crippen molar-refractivity contribution in [2.45, 2.75) is 26.8 Å². The van der Waals surface area contributed by atoms with Crippen molar-refractivity contribution in [2.75, 3.05) is 5.32 Å². The summed E-state index contributed by atoms with van der Waals surface area (Å²) in [4.78, 5) is 0. The van der Waals surface area contributed by atoms with E-state index in [9.17, 15) is 4.39 Å². The highest BCUT2D eigenvalue weighted by atomic mass is 79.9. The van der Waals surface area contributed by atoms with Crippen LogP contribution in [-0.2, 0) is 0 Å². The fourth-order valence-electron chi connectivity index (χ4n) is 2.23. The second-order valence-electron chi connectivity index (χ2n) is 4.85. The Morgan fingerprint density at radius 1 is 1.11 bits per heavy atom. The van der Waals surface area contributed by atoms with Gasteiger partial charge in [-0.3, -0.25) is 0 Å². The molecular weight excluding hydrogens is 305 g/mol. The van der Waals surface area contributed by atoms with Gasteiger partial charge >= 0.3 is 0 Å². The van der Waals surface area contributed by atoms with Gasteiger partial charge in [0.2, 0.25) is 0 Å². The fourth-order valence-corrected chi connectivity index (χ4v) is 2.59. The van der Waals surface area contributed by atoms with E-state index in [0.717, 1.165) is 10.2 Å². The highest BCUT2D eigenvalue weighted by Gasteiger charge is 2.10. The molecule has 0 aliphatic rings. The zero-order valence-electron chi connectivity index (χ0n) is 11.3. The number of halogens is 2. The van der Waals surface area contributed by atoms with E-state index >= 15 is 0 Å². The Labute approximate surface area is 122 Å². The summed E-state index contributed by atoms with van der Waals surface area (Å²) in [5.41, 5.74) is 4.49. The Balaban J connectivity index is 2.25. The number of aryl methyl sites for hydroxylation is 2.